The molecule has 2 rings (SSSR count). The van der Waals surface area contributed by atoms with Crippen LogP contribution < -0.4 is 10.6 Å². The van der Waals surface area contributed by atoms with Crippen molar-refractivity contribution < 1.29 is 4.79 Å². The minimum atomic E-state index is -0.0335. The number of likely N-dealkylation sites (N-methyl/N-ethyl adjacent to an activating group) is 1. The van der Waals surface area contributed by atoms with Gasteiger partial charge in [0.25, 0.3) is 0 Å². The minimum absolute atomic E-state index is 0.0335. The summed E-state index contributed by atoms with van der Waals surface area (Å²) in [6.45, 7) is 5.56. The maximum absolute atomic E-state index is 12.0. The highest BCUT2D eigenvalue weighted by Gasteiger charge is 2.12. The first-order valence-electron chi connectivity index (χ1n) is 7.39. The van der Waals surface area contributed by atoms with E-state index < -0.39 is 0 Å². The zero-order valence-electron chi connectivity index (χ0n) is 13.0. The van der Waals surface area contributed by atoms with Crippen molar-refractivity contribution in [1.29, 1.82) is 0 Å². The second-order valence-electron chi connectivity index (χ2n) is 5.21. The van der Waals surface area contributed by atoms with E-state index in [0.29, 0.717) is 16.6 Å². The zero-order chi connectivity index (χ0) is 16.8. The third kappa shape index (κ3) is 5.46. The summed E-state index contributed by atoms with van der Waals surface area (Å²) in [4.78, 5) is 16.4. The summed E-state index contributed by atoms with van der Waals surface area (Å²) in [5.74, 6) is -0.0335. The van der Waals surface area contributed by atoms with Crippen molar-refractivity contribution >= 4 is 40.4 Å². The molecule has 0 saturated heterocycles. The monoisotopic (exact) mass is 371 g/mol. The lowest BCUT2D eigenvalue weighted by molar-refractivity contribution is -0.120. The number of amides is 1. The second kappa shape index (κ2) is 8.64. The Morgan fingerprint density at radius 3 is 2.87 bits per heavy atom. The van der Waals surface area contributed by atoms with E-state index in [4.69, 9.17) is 23.2 Å². The molecule has 0 spiro atoms. The van der Waals surface area contributed by atoms with Gasteiger partial charge in [-0.2, -0.15) is 0 Å². The molecule has 0 bridgehead atoms. The van der Waals surface area contributed by atoms with Crippen molar-refractivity contribution in [3.8, 4) is 10.6 Å². The predicted molar refractivity (Wildman–Crippen MR) is 97.4 cm³/mol. The molecule has 0 aliphatic carbocycles. The zero-order valence-corrected chi connectivity index (χ0v) is 15.4. The molecule has 1 heterocycles. The first-order valence-corrected chi connectivity index (χ1v) is 9.03. The molecule has 0 saturated carbocycles. The largest absolute Gasteiger partial charge is 0.354 e. The molecular weight excluding hydrogens is 353 g/mol. The van der Waals surface area contributed by atoms with Gasteiger partial charge in [0.2, 0.25) is 5.91 Å². The van der Waals surface area contributed by atoms with Crippen molar-refractivity contribution in [2.75, 3.05) is 13.1 Å². The quantitative estimate of drug-likeness (QED) is 0.778. The number of hydrogen-bond acceptors (Lipinski definition) is 4. The molecule has 0 fully saturated rings. The number of nitrogens with one attached hydrogen (secondary N) is 2. The van der Waals surface area contributed by atoms with Gasteiger partial charge in [0.1, 0.15) is 5.01 Å². The van der Waals surface area contributed by atoms with Gasteiger partial charge in [-0.25, -0.2) is 4.98 Å². The van der Waals surface area contributed by atoms with E-state index >= 15 is 0 Å². The number of hydrogen-bond donors (Lipinski definition) is 2. The summed E-state index contributed by atoms with van der Waals surface area (Å²) < 4.78 is 0. The van der Waals surface area contributed by atoms with Crippen LogP contribution in [-0.4, -0.2) is 30.0 Å². The molecule has 0 radical (unpaired) electrons. The second-order valence-corrected chi connectivity index (χ2v) is 6.91. The lowest BCUT2D eigenvalue weighted by Crippen LogP contribution is -2.39. The highest BCUT2D eigenvalue weighted by molar-refractivity contribution is 7.13. The molecule has 1 atom stereocenters. The number of benzene rings is 1. The van der Waals surface area contributed by atoms with Crippen LogP contribution in [0.5, 0.6) is 0 Å². The van der Waals surface area contributed by atoms with Gasteiger partial charge in [0.15, 0.2) is 0 Å². The summed E-state index contributed by atoms with van der Waals surface area (Å²) >= 11 is 13.6. The Bertz CT molecular complexity index is 675. The first kappa shape index (κ1) is 18.2. The Morgan fingerprint density at radius 2 is 2.17 bits per heavy atom. The number of aromatic nitrogens is 1. The normalized spacial score (nSPS) is 12.2. The third-order valence-electron chi connectivity index (χ3n) is 3.21. The third-order valence-corrected chi connectivity index (χ3v) is 4.69. The molecule has 0 aliphatic rings. The topological polar surface area (TPSA) is 54.0 Å². The van der Waals surface area contributed by atoms with Crippen LogP contribution in [0.3, 0.4) is 0 Å². The van der Waals surface area contributed by atoms with Crippen LogP contribution >= 0.6 is 34.5 Å². The van der Waals surface area contributed by atoms with Crippen LogP contribution in [0.4, 0.5) is 0 Å². The highest BCUT2D eigenvalue weighted by atomic mass is 35.5. The van der Waals surface area contributed by atoms with E-state index in [1.54, 1.807) is 12.1 Å². The number of carbonyl (C=O) groups is 1. The summed E-state index contributed by atoms with van der Waals surface area (Å²) in [6, 6.07) is 5.56. The molecule has 2 N–H and O–H groups in total. The molecule has 1 aromatic carbocycles. The fraction of sp³-hybridized carbons (Fsp3) is 0.375. The van der Waals surface area contributed by atoms with E-state index in [1.807, 2.05) is 25.3 Å². The van der Waals surface area contributed by atoms with Crippen LogP contribution in [0.15, 0.2) is 23.6 Å². The molecule has 124 valence electrons. The molecule has 1 aromatic heterocycles. The smallest absolute Gasteiger partial charge is 0.226 e. The number of halogens is 2. The van der Waals surface area contributed by atoms with Gasteiger partial charge in [0.05, 0.1) is 17.1 Å². The lowest BCUT2D eigenvalue weighted by Gasteiger charge is -2.12. The van der Waals surface area contributed by atoms with E-state index in [1.165, 1.54) is 11.3 Å². The molecule has 0 aliphatic heterocycles. The van der Waals surface area contributed by atoms with Crippen molar-refractivity contribution in [1.82, 2.24) is 15.6 Å². The molecule has 4 nitrogen and oxygen atoms in total. The van der Waals surface area contributed by atoms with Gasteiger partial charge in [0, 0.05) is 28.6 Å². The first-order chi connectivity index (χ1) is 11.0. The molecule has 2 aromatic rings. The molecule has 0 unspecified atom stereocenters. The van der Waals surface area contributed by atoms with Crippen molar-refractivity contribution in [3.63, 3.8) is 0 Å². The Morgan fingerprint density at radius 1 is 1.39 bits per heavy atom. The highest BCUT2D eigenvalue weighted by Crippen LogP contribution is 2.32. The standard InChI is InChI=1S/C16H19Cl2N3OS/c1-3-19-10(2)8-20-15(22)7-12-9-23-16(21-12)13-5-4-11(17)6-14(13)18/h4-6,9-10,19H,3,7-8H2,1-2H3,(H,20,22)/t10-/m1/s1. The Kier molecular flexibility index (Phi) is 6.84. The van der Waals surface area contributed by atoms with Crippen LogP contribution in [0, 0.1) is 0 Å². The average molecular weight is 372 g/mol. The summed E-state index contributed by atoms with van der Waals surface area (Å²) in [5.41, 5.74) is 1.57. The molecule has 1 amide bonds. The number of thiazole rings is 1. The molecule has 23 heavy (non-hydrogen) atoms. The van der Waals surface area contributed by atoms with Crippen molar-refractivity contribution in [3.05, 3.63) is 39.3 Å². The summed E-state index contributed by atoms with van der Waals surface area (Å²) in [6.07, 6.45) is 0.264. The number of carbonyl (C=O) groups excluding carboxylic acids is 1. The van der Waals surface area contributed by atoms with Crippen LogP contribution in [0.1, 0.15) is 19.5 Å². The minimum Gasteiger partial charge on any atom is -0.354 e. The summed E-state index contributed by atoms with van der Waals surface area (Å²) in [7, 11) is 0. The lowest BCUT2D eigenvalue weighted by atomic mass is 10.2. The maximum atomic E-state index is 12.0. The van der Waals surface area contributed by atoms with E-state index in [9.17, 15) is 4.79 Å². The van der Waals surface area contributed by atoms with Crippen LogP contribution in [0.25, 0.3) is 10.6 Å². The predicted octanol–water partition coefficient (Wildman–Crippen LogP) is 3.77. The Hall–Kier alpha value is -1.14. The van der Waals surface area contributed by atoms with Gasteiger partial charge in [-0.1, -0.05) is 30.1 Å². The van der Waals surface area contributed by atoms with Crippen LogP contribution in [0.2, 0.25) is 10.0 Å². The Balaban J connectivity index is 1.95. The fourth-order valence-corrected chi connectivity index (χ4v) is 3.50. The maximum Gasteiger partial charge on any atom is 0.226 e. The summed E-state index contributed by atoms with van der Waals surface area (Å²) in [5, 5.41) is 9.97. The van der Waals surface area contributed by atoms with Gasteiger partial charge in [-0.15, -0.1) is 11.3 Å². The molecular formula is C16H19Cl2N3OS. The number of rotatable bonds is 7. The van der Waals surface area contributed by atoms with Crippen LogP contribution in [-0.2, 0) is 11.2 Å². The van der Waals surface area contributed by atoms with E-state index in [-0.39, 0.29) is 18.4 Å². The average Bonchev–Trinajstić information content (AvgIpc) is 2.93. The fourth-order valence-electron chi connectivity index (χ4n) is 2.09. The SMILES string of the molecule is CCN[C@H](C)CNC(=O)Cc1csc(-c2ccc(Cl)cc2Cl)n1. The van der Waals surface area contributed by atoms with E-state index in [0.717, 1.165) is 22.8 Å². The van der Waals surface area contributed by atoms with Gasteiger partial charge in [-0.05, 0) is 31.7 Å². The van der Waals surface area contributed by atoms with Gasteiger partial charge in [-0.3, -0.25) is 4.79 Å². The Labute approximate surface area is 150 Å². The number of nitrogens with zero attached hydrogens (tertiary/aromatic N) is 1. The van der Waals surface area contributed by atoms with Crippen molar-refractivity contribution in [2.45, 2.75) is 26.3 Å². The van der Waals surface area contributed by atoms with Gasteiger partial charge < -0.3 is 10.6 Å². The molecule has 7 heteroatoms. The van der Waals surface area contributed by atoms with Crippen molar-refractivity contribution in [2.24, 2.45) is 0 Å². The van der Waals surface area contributed by atoms with Gasteiger partial charge >= 0.3 is 0 Å². The van der Waals surface area contributed by atoms with E-state index in [2.05, 4.69) is 15.6 Å².